The topological polar surface area (TPSA) is 93.2 Å². The van der Waals surface area contributed by atoms with Gasteiger partial charge in [-0.2, -0.15) is 0 Å². The molecule has 7 heteroatoms. The number of carbonyl (C=O) groups is 2. The zero-order valence-electron chi connectivity index (χ0n) is 16.8. The Morgan fingerprint density at radius 2 is 2.00 bits per heavy atom. The van der Waals surface area contributed by atoms with Gasteiger partial charge in [0.05, 0.1) is 18.4 Å². The van der Waals surface area contributed by atoms with E-state index in [0.717, 1.165) is 19.3 Å². The normalized spacial score (nSPS) is 13.4. The monoisotopic (exact) mass is 394 g/mol. The van der Waals surface area contributed by atoms with E-state index in [1.165, 1.54) is 25.5 Å². The first kappa shape index (κ1) is 20.5. The van der Waals surface area contributed by atoms with E-state index in [1.807, 2.05) is 0 Å². The van der Waals surface area contributed by atoms with Crippen molar-refractivity contribution in [1.82, 2.24) is 15.3 Å². The molecule has 2 aromatic rings. The maximum Gasteiger partial charge on any atom is 0.339 e. The Bertz CT molecular complexity index is 924. The average molecular weight is 394 g/mol. The van der Waals surface area contributed by atoms with E-state index in [0.29, 0.717) is 29.4 Å². The fraction of sp³-hybridized carbons (Fsp3) is 0.364. The SMILES string of the molecule is COC(=O)c1ccccc1Nc1cc(C(=O)NCCC2=CCCCC2)nc(C)n1. The molecule has 0 fully saturated rings. The first-order valence-corrected chi connectivity index (χ1v) is 9.83. The van der Waals surface area contributed by atoms with Gasteiger partial charge < -0.3 is 15.4 Å². The summed E-state index contributed by atoms with van der Waals surface area (Å²) in [5.41, 5.74) is 2.64. The molecule has 0 saturated heterocycles. The Morgan fingerprint density at radius 3 is 2.76 bits per heavy atom. The Balaban J connectivity index is 1.69. The molecule has 2 N–H and O–H groups in total. The van der Waals surface area contributed by atoms with Gasteiger partial charge in [-0.25, -0.2) is 14.8 Å². The summed E-state index contributed by atoms with van der Waals surface area (Å²) in [4.78, 5) is 33.1. The van der Waals surface area contributed by atoms with Gasteiger partial charge in [0, 0.05) is 12.6 Å². The van der Waals surface area contributed by atoms with Crippen LogP contribution in [0.4, 0.5) is 11.5 Å². The number of benzene rings is 1. The molecular weight excluding hydrogens is 368 g/mol. The van der Waals surface area contributed by atoms with Crippen LogP contribution >= 0.6 is 0 Å². The van der Waals surface area contributed by atoms with Crippen LogP contribution < -0.4 is 10.6 Å². The molecule has 3 rings (SSSR count). The van der Waals surface area contributed by atoms with Crippen LogP contribution in [0.5, 0.6) is 0 Å². The summed E-state index contributed by atoms with van der Waals surface area (Å²) in [6.07, 6.45) is 7.89. The van der Waals surface area contributed by atoms with Crippen molar-refractivity contribution < 1.29 is 14.3 Å². The number of methoxy groups -OCH3 is 1. The van der Waals surface area contributed by atoms with Crippen molar-refractivity contribution in [2.75, 3.05) is 19.0 Å². The van der Waals surface area contributed by atoms with Gasteiger partial charge in [0.15, 0.2) is 0 Å². The fourth-order valence-corrected chi connectivity index (χ4v) is 3.32. The summed E-state index contributed by atoms with van der Waals surface area (Å²) >= 11 is 0. The van der Waals surface area contributed by atoms with E-state index in [2.05, 4.69) is 26.7 Å². The Kier molecular flexibility index (Phi) is 6.94. The molecule has 1 aliphatic carbocycles. The molecular formula is C22H26N4O3. The average Bonchev–Trinajstić information content (AvgIpc) is 2.74. The number of amides is 1. The number of nitrogens with zero attached hydrogens (tertiary/aromatic N) is 2. The lowest BCUT2D eigenvalue weighted by Gasteiger charge is -2.13. The standard InChI is InChI=1S/C22H26N4O3/c1-15-24-19(21(27)23-13-12-16-8-4-3-5-9-16)14-20(25-15)26-18-11-7-6-10-17(18)22(28)29-2/h6-8,10-11,14H,3-5,9,12-13H2,1-2H3,(H,23,27)(H,24,25,26). The van der Waals surface area contributed by atoms with E-state index in [-0.39, 0.29) is 11.6 Å². The summed E-state index contributed by atoms with van der Waals surface area (Å²) in [5.74, 6) is 0.213. The molecule has 0 unspecified atom stereocenters. The molecule has 1 aliphatic rings. The van der Waals surface area contributed by atoms with Crippen LogP contribution in [0.15, 0.2) is 42.0 Å². The molecule has 0 spiro atoms. The highest BCUT2D eigenvalue weighted by atomic mass is 16.5. The van der Waals surface area contributed by atoms with Gasteiger partial charge in [-0.15, -0.1) is 0 Å². The van der Waals surface area contributed by atoms with Gasteiger partial charge in [0.2, 0.25) is 0 Å². The highest BCUT2D eigenvalue weighted by Crippen LogP contribution is 2.21. The summed E-state index contributed by atoms with van der Waals surface area (Å²) in [5, 5.41) is 6.02. The number of nitrogens with one attached hydrogen (secondary N) is 2. The van der Waals surface area contributed by atoms with Gasteiger partial charge in [0.1, 0.15) is 17.3 Å². The van der Waals surface area contributed by atoms with Gasteiger partial charge in [-0.3, -0.25) is 4.79 Å². The molecule has 0 saturated carbocycles. The minimum atomic E-state index is -0.450. The van der Waals surface area contributed by atoms with Crippen molar-refractivity contribution in [3.63, 3.8) is 0 Å². The Hall–Kier alpha value is -3.22. The van der Waals surface area contributed by atoms with E-state index < -0.39 is 5.97 Å². The third kappa shape index (κ3) is 5.63. The highest BCUT2D eigenvalue weighted by Gasteiger charge is 2.14. The lowest BCUT2D eigenvalue weighted by Crippen LogP contribution is -2.26. The van der Waals surface area contributed by atoms with Crippen LogP contribution in [0.3, 0.4) is 0 Å². The van der Waals surface area contributed by atoms with E-state index in [9.17, 15) is 9.59 Å². The van der Waals surface area contributed by atoms with Crippen LogP contribution in [0.1, 0.15) is 58.8 Å². The number of allylic oxidation sites excluding steroid dienone is 1. The number of esters is 1. The Labute approximate surface area is 170 Å². The van der Waals surface area contributed by atoms with Crippen molar-refractivity contribution in [3.8, 4) is 0 Å². The molecule has 7 nitrogen and oxygen atoms in total. The second-order valence-corrected chi connectivity index (χ2v) is 6.96. The van der Waals surface area contributed by atoms with Crippen LogP contribution in [-0.2, 0) is 4.74 Å². The predicted molar refractivity (Wildman–Crippen MR) is 111 cm³/mol. The zero-order chi connectivity index (χ0) is 20.6. The van der Waals surface area contributed by atoms with Crippen molar-refractivity contribution in [1.29, 1.82) is 0 Å². The third-order valence-electron chi connectivity index (χ3n) is 4.78. The molecule has 152 valence electrons. The Morgan fingerprint density at radius 1 is 1.17 bits per heavy atom. The summed E-state index contributed by atoms with van der Waals surface area (Å²) < 4.78 is 4.81. The number of ether oxygens (including phenoxy) is 1. The molecule has 1 amide bonds. The number of hydrogen-bond acceptors (Lipinski definition) is 6. The fourth-order valence-electron chi connectivity index (χ4n) is 3.32. The number of hydrogen-bond donors (Lipinski definition) is 2. The number of anilines is 2. The van der Waals surface area contributed by atoms with E-state index >= 15 is 0 Å². The van der Waals surface area contributed by atoms with Crippen LogP contribution in [0, 0.1) is 6.92 Å². The van der Waals surface area contributed by atoms with Gasteiger partial charge in [-0.1, -0.05) is 23.8 Å². The molecule has 29 heavy (non-hydrogen) atoms. The van der Waals surface area contributed by atoms with Gasteiger partial charge in [-0.05, 0) is 51.2 Å². The first-order chi connectivity index (χ1) is 14.1. The lowest BCUT2D eigenvalue weighted by atomic mass is 9.97. The molecule has 1 heterocycles. The van der Waals surface area contributed by atoms with Crippen molar-refractivity contribution >= 4 is 23.4 Å². The first-order valence-electron chi connectivity index (χ1n) is 9.83. The summed E-state index contributed by atoms with van der Waals surface area (Å²) in [6, 6.07) is 8.55. The van der Waals surface area contributed by atoms with Gasteiger partial charge >= 0.3 is 5.97 Å². The van der Waals surface area contributed by atoms with Crippen molar-refractivity contribution in [2.45, 2.75) is 39.0 Å². The molecule has 0 bridgehead atoms. The van der Waals surface area contributed by atoms with E-state index in [1.54, 1.807) is 37.3 Å². The molecule has 0 aliphatic heterocycles. The maximum atomic E-state index is 12.5. The lowest BCUT2D eigenvalue weighted by molar-refractivity contribution is 0.0601. The predicted octanol–water partition coefficient (Wildman–Crippen LogP) is 3.94. The zero-order valence-corrected chi connectivity index (χ0v) is 16.8. The number of aryl methyl sites for hydroxylation is 1. The molecule has 0 radical (unpaired) electrons. The van der Waals surface area contributed by atoms with Crippen molar-refractivity contribution in [3.05, 3.63) is 59.1 Å². The molecule has 1 aromatic heterocycles. The number of carbonyl (C=O) groups excluding carboxylic acids is 2. The van der Waals surface area contributed by atoms with E-state index in [4.69, 9.17) is 4.74 Å². The van der Waals surface area contributed by atoms with Crippen LogP contribution in [0.25, 0.3) is 0 Å². The van der Waals surface area contributed by atoms with Gasteiger partial charge in [0.25, 0.3) is 5.91 Å². The largest absolute Gasteiger partial charge is 0.465 e. The summed E-state index contributed by atoms with van der Waals surface area (Å²) in [6.45, 7) is 2.31. The number of rotatable bonds is 7. The second kappa shape index (κ2) is 9.82. The molecule has 0 atom stereocenters. The minimum absolute atomic E-state index is 0.240. The van der Waals surface area contributed by atoms with Crippen LogP contribution in [0.2, 0.25) is 0 Å². The highest BCUT2D eigenvalue weighted by molar-refractivity contribution is 5.97. The smallest absolute Gasteiger partial charge is 0.339 e. The minimum Gasteiger partial charge on any atom is -0.465 e. The third-order valence-corrected chi connectivity index (χ3v) is 4.78. The number of aromatic nitrogens is 2. The quantitative estimate of drug-likeness (QED) is 0.546. The molecule has 1 aromatic carbocycles. The second-order valence-electron chi connectivity index (χ2n) is 6.96. The maximum absolute atomic E-state index is 12.5. The summed E-state index contributed by atoms with van der Waals surface area (Å²) in [7, 11) is 1.33. The van der Waals surface area contributed by atoms with Crippen LogP contribution in [-0.4, -0.2) is 35.5 Å². The van der Waals surface area contributed by atoms with Crippen molar-refractivity contribution in [2.24, 2.45) is 0 Å². The number of para-hydroxylation sites is 1.